The monoisotopic (exact) mass is 361 g/mol. The first-order chi connectivity index (χ1) is 12.1. The summed E-state index contributed by atoms with van der Waals surface area (Å²) in [6.07, 6.45) is 6.80. The number of aromatic nitrogens is 2. The van der Waals surface area contributed by atoms with E-state index in [1.54, 1.807) is 16.9 Å². The van der Waals surface area contributed by atoms with Crippen molar-refractivity contribution < 1.29 is 9.90 Å². The topological polar surface area (TPSA) is 67.2 Å². The fourth-order valence-electron chi connectivity index (χ4n) is 3.54. The van der Waals surface area contributed by atoms with Crippen LogP contribution in [0.3, 0.4) is 0 Å². The van der Waals surface area contributed by atoms with Crippen molar-refractivity contribution in [3.8, 4) is 5.69 Å². The van der Waals surface area contributed by atoms with Crippen molar-refractivity contribution in [2.75, 3.05) is 6.61 Å². The molecule has 0 saturated heterocycles. The van der Waals surface area contributed by atoms with Crippen molar-refractivity contribution in [1.82, 2.24) is 15.1 Å². The number of carbonyl (C=O) groups excluding carboxylic acids is 1. The van der Waals surface area contributed by atoms with Crippen LogP contribution in [0.25, 0.3) is 5.69 Å². The molecule has 1 saturated carbocycles. The number of halogens is 1. The number of aliphatic hydroxyl groups is 1. The van der Waals surface area contributed by atoms with Crippen molar-refractivity contribution in [3.05, 3.63) is 46.7 Å². The van der Waals surface area contributed by atoms with Gasteiger partial charge in [-0.1, -0.05) is 43.0 Å². The molecule has 25 heavy (non-hydrogen) atoms. The number of hydrogen-bond acceptors (Lipinski definition) is 3. The summed E-state index contributed by atoms with van der Waals surface area (Å²) >= 11 is 6.24. The highest BCUT2D eigenvalue weighted by atomic mass is 35.5. The molecule has 0 spiro atoms. The Morgan fingerprint density at radius 1 is 1.32 bits per heavy atom. The molecule has 1 aliphatic rings. The largest absolute Gasteiger partial charge is 0.396 e. The van der Waals surface area contributed by atoms with Crippen LogP contribution in [-0.4, -0.2) is 33.4 Å². The fourth-order valence-corrected chi connectivity index (χ4v) is 3.75. The van der Waals surface area contributed by atoms with Gasteiger partial charge in [-0.3, -0.25) is 4.79 Å². The van der Waals surface area contributed by atoms with Crippen LogP contribution < -0.4 is 5.32 Å². The zero-order valence-corrected chi connectivity index (χ0v) is 15.2. The van der Waals surface area contributed by atoms with Gasteiger partial charge in [0.05, 0.1) is 28.2 Å². The Morgan fingerprint density at radius 3 is 2.84 bits per heavy atom. The number of carbonyl (C=O) groups is 1. The first kappa shape index (κ1) is 18.0. The lowest BCUT2D eigenvalue weighted by molar-refractivity contribution is 0.0899. The van der Waals surface area contributed by atoms with E-state index in [0.29, 0.717) is 10.6 Å². The summed E-state index contributed by atoms with van der Waals surface area (Å²) in [4.78, 5) is 12.8. The molecule has 1 amide bonds. The van der Waals surface area contributed by atoms with Gasteiger partial charge in [0, 0.05) is 18.6 Å². The van der Waals surface area contributed by atoms with Crippen LogP contribution in [0.5, 0.6) is 0 Å². The quantitative estimate of drug-likeness (QED) is 0.819. The number of aliphatic hydroxyl groups excluding tert-OH is 1. The van der Waals surface area contributed by atoms with Gasteiger partial charge in [-0.05, 0) is 31.9 Å². The lowest BCUT2D eigenvalue weighted by Gasteiger charge is -2.24. The summed E-state index contributed by atoms with van der Waals surface area (Å²) < 4.78 is 1.69. The Morgan fingerprint density at radius 2 is 2.08 bits per heavy atom. The number of nitrogens with one attached hydrogen (secondary N) is 1. The van der Waals surface area contributed by atoms with Crippen molar-refractivity contribution >= 4 is 17.5 Å². The Kier molecular flexibility index (Phi) is 5.76. The van der Waals surface area contributed by atoms with Gasteiger partial charge in [0.15, 0.2) is 0 Å². The van der Waals surface area contributed by atoms with Gasteiger partial charge in [0.1, 0.15) is 0 Å². The summed E-state index contributed by atoms with van der Waals surface area (Å²) in [5.74, 6) is -0.00785. The molecule has 1 aliphatic carbocycles. The molecule has 1 aromatic heterocycles. The van der Waals surface area contributed by atoms with Gasteiger partial charge in [-0.25, -0.2) is 4.68 Å². The second-order valence-corrected chi connectivity index (χ2v) is 7.07. The molecule has 2 aromatic rings. The Labute approximate surface area is 153 Å². The highest BCUT2D eigenvalue weighted by molar-refractivity contribution is 6.32. The Balaban J connectivity index is 1.80. The van der Waals surface area contributed by atoms with Crippen LogP contribution in [0.1, 0.15) is 48.2 Å². The number of amides is 1. The summed E-state index contributed by atoms with van der Waals surface area (Å²) in [6, 6.07) is 7.44. The van der Waals surface area contributed by atoms with E-state index in [4.69, 9.17) is 11.6 Å². The van der Waals surface area contributed by atoms with E-state index in [1.165, 1.54) is 0 Å². The first-order valence-corrected chi connectivity index (χ1v) is 9.21. The summed E-state index contributed by atoms with van der Waals surface area (Å²) in [6.45, 7) is 1.98. The predicted octanol–water partition coefficient (Wildman–Crippen LogP) is 3.51. The SMILES string of the molecule is Cc1c(C(=O)N[C@H]2CCCCC[C@@H]2CO)cnn1-c1ccccc1Cl. The molecular weight excluding hydrogens is 338 g/mol. The van der Waals surface area contributed by atoms with Gasteiger partial charge in [0.2, 0.25) is 0 Å². The number of nitrogens with zero attached hydrogens (tertiary/aromatic N) is 2. The third-order valence-electron chi connectivity index (χ3n) is 5.05. The molecule has 5 nitrogen and oxygen atoms in total. The second kappa shape index (κ2) is 8.02. The van der Waals surface area contributed by atoms with Crippen LogP contribution in [0.15, 0.2) is 30.5 Å². The van der Waals surface area contributed by atoms with E-state index in [9.17, 15) is 9.90 Å². The maximum atomic E-state index is 12.8. The van der Waals surface area contributed by atoms with Crippen molar-refractivity contribution in [2.45, 2.75) is 45.1 Å². The molecule has 1 fully saturated rings. The van der Waals surface area contributed by atoms with E-state index < -0.39 is 0 Å². The molecule has 1 aromatic carbocycles. The molecule has 0 radical (unpaired) electrons. The lowest BCUT2D eigenvalue weighted by atomic mass is 9.95. The predicted molar refractivity (Wildman–Crippen MR) is 98.2 cm³/mol. The highest BCUT2D eigenvalue weighted by Gasteiger charge is 2.26. The minimum atomic E-state index is -0.138. The number of rotatable bonds is 4. The minimum Gasteiger partial charge on any atom is -0.396 e. The second-order valence-electron chi connectivity index (χ2n) is 6.67. The molecule has 1 heterocycles. The van der Waals surface area contributed by atoms with Gasteiger partial charge in [-0.2, -0.15) is 5.10 Å². The molecular formula is C19H24ClN3O2. The molecule has 134 valence electrons. The summed E-state index contributed by atoms with van der Waals surface area (Å²) in [7, 11) is 0. The van der Waals surface area contributed by atoms with Gasteiger partial charge >= 0.3 is 0 Å². The molecule has 2 N–H and O–H groups in total. The van der Waals surface area contributed by atoms with Crippen molar-refractivity contribution in [2.24, 2.45) is 5.92 Å². The fraction of sp³-hybridized carbons (Fsp3) is 0.474. The zero-order chi connectivity index (χ0) is 17.8. The number of benzene rings is 1. The van der Waals surface area contributed by atoms with Crippen LogP contribution in [0.2, 0.25) is 5.02 Å². The van der Waals surface area contributed by atoms with Crippen LogP contribution >= 0.6 is 11.6 Å². The van der Waals surface area contributed by atoms with E-state index in [1.807, 2.05) is 25.1 Å². The molecule has 0 unspecified atom stereocenters. The Bertz CT molecular complexity index is 744. The smallest absolute Gasteiger partial charge is 0.254 e. The molecule has 0 bridgehead atoms. The van der Waals surface area contributed by atoms with Crippen LogP contribution in [0, 0.1) is 12.8 Å². The first-order valence-electron chi connectivity index (χ1n) is 8.83. The number of para-hydroxylation sites is 1. The van der Waals surface area contributed by atoms with E-state index in [0.717, 1.165) is 43.5 Å². The van der Waals surface area contributed by atoms with Gasteiger partial charge < -0.3 is 10.4 Å². The average Bonchev–Trinajstić information content (AvgIpc) is 2.85. The minimum absolute atomic E-state index is 0.0167. The average molecular weight is 362 g/mol. The van der Waals surface area contributed by atoms with E-state index in [2.05, 4.69) is 10.4 Å². The normalized spacial score (nSPS) is 20.9. The van der Waals surface area contributed by atoms with Crippen molar-refractivity contribution in [1.29, 1.82) is 0 Å². The molecule has 6 heteroatoms. The summed E-state index contributed by atoms with van der Waals surface area (Å²) in [5.41, 5.74) is 2.05. The molecule has 2 atom stereocenters. The van der Waals surface area contributed by atoms with E-state index in [-0.39, 0.29) is 24.5 Å². The maximum Gasteiger partial charge on any atom is 0.254 e. The van der Waals surface area contributed by atoms with Crippen LogP contribution in [-0.2, 0) is 0 Å². The van der Waals surface area contributed by atoms with Crippen LogP contribution in [0.4, 0.5) is 0 Å². The Hall–Kier alpha value is -1.85. The third-order valence-corrected chi connectivity index (χ3v) is 5.36. The molecule has 0 aliphatic heterocycles. The van der Waals surface area contributed by atoms with Crippen molar-refractivity contribution in [3.63, 3.8) is 0 Å². The maximum absolute atomic E-state index is 12.8. The zero-order valence-electron chi connectivity index (χ0n) is 14.4. The highest BCUT2D eigenvalue weighted by Crippen LogP contribution is 2.25. The van der Waals surface area contributed by atoms with Gasteiger partial charge in [-0.15, -0.1) is 0 Å². The lowest BCUT2D eigenvalue weighted by Crippen LogP contribution is -2.41. The third kappa shape index (κ3) is 3.88. The van der Waals surface area contributed by atoms with E-state index >= 15 is 0 Å². The van der Waals surface area contributed by atoms with Gasteiger partial charge in [0.25, 0.3) is 5.91 Å². The number of hydrogen-bond donors (Lipinski definition) is 2. The molecule has 3 rings (SSSR count). The summed E-state index contributed by atoms with van der Waals surface area (Å²) in [5, 5.41) is 17.7. The standard InChI is InChI=1S/C19H24ClN3O2/c1-13-15(11-21-23(13)18-10-6-5-8-16(18)20)19(25)22-17-9-4-2-3-7-14(17)12-24/h5-6,8,10-11,14,17,24H,2-4,7,9,12H2,1H3,(H,22,25)/t14-,17+/m1/s1.